The van der Waals surface area contributed by atoms with E-state index >= 15 is 0 Å². The molecule has 112 valence electrons. The Balaban J connectivity index is 2.17. The quantitative estimate of drug-likeness (QED) is 0.866. The fraction of sp³-hybridized carbons (Fsp3) is 0.0909. The molecule has 6 nitrogen and oxygen atoms in total. The average Bonchev–Trinajstić information content (AvgIpc) is 2.88. The van der Waals surface area contributed by atoms with Gasteiger partial charge in [-0.3, -0.25) is 0 Å². The van der Waals surface area contributed by atoms with Crippen LogP contribution in [0.25, 0.3) is 0 Å². The Morgan fingerprint density at radius 2 is 2.10 bits per heavy atom. The Kier molecular flexibility index (Phi) is 4.30. The first-order chi connectivity index (χ1) is 9.79. The molecular formula is C11H8F2N2O4S2. The lowest BCUT2D eigenvalue weighted by molar-refractivity contribution is 0.0691. The van der Waals surface area contributed by atoms with E-state index in [2.05, 4.69) is 4.98 Å². The van der Waals surface area contributed by atoms with Gasteiger partial charge in [0, 0.05) is 5.38 Å². The van der Waals surface area contributed by atoms with Crippen LogP contribution in [0.15, 0.2) is 28.5 Å². The molecule has 0 bridgehead atoms. The third-order valence-corrected chi connectivity index (χ3v) is 4.63. The van der Waals surface area contributed by atoms with Crippen molar-refractivity contribution in [2.75, 3.05) is 0 Å². The van der Waals surface area contributed by atoms with Crippen LogP contribution in [-0.4, -0.2) is 24.5 Å². The van der Waals surface area contributed by atoms with Gasteiger partial charge in [-0.05, 0) is 18.2 Å². The van der Waals surface area contributed by atoms with Crippen LogP contribution in [0.1, 0.15) is 15.5 Å². The first-order valence-corrected chi connectivity index (χ1v) is 7.78. The monoisotopic (exact) mass is 334 g/mol. The molecule has 0 saturated heterocycles. The highest BCUT2D eigenvalue weighted by atomic mass is 32.2. The van der Waals surface area contributed by atoms with E-state index in [1.165, 1.54) is 5.38 Å². The van der Waals surface area contributed by atoms with Crippen molar-refractivity contribution in [3.63, 3.8) is 0 Å². The van der Waals surface area contributed by atoms with Crippen LogP contribution in [0.2, 0.25) is 0 Å². The maximum Gasteiger partial charge on any atom is 0.355 e. The SMILES string of the molecule is O=C(O)c1csc(CNS(=O)(=O)c2cc(F)ccc2F)n1. The number of aromatic nitrogens is 1. The third-order valence-electron chi connectivity index (χ3n) is 2.37. The maximum atomic E-state index is 13.4. The Bertz CT molecular complexity index is 789. The number of carboxylic acids is 1. The second kappa shape index (κ2) is 5.84. The lowest BCUT2D eigenvalue weighted by Crippen LogP contribution is -2.24. The van der Waals surface area contributed by atoms with E-state index in [1.54, 1.807) is 0 Å². The molecule has 0 saturated carbocycles. The average molecular weight is 334 g/mol. The van der Waals surface area contributed by atoms with Crippen molar-refractivity contribution in [3.8, 4) is 0 Å². The highest BCUT2D eigenvalue weighted by Gasteiger charge is 2.20. The highest BCUT2D eigenvalue weighted by Crippen LogP contribution is 2.17. The van der Waals surface area contributed by atoms with E-state index in [0.29, 0.717) is 12.1 Å². The zero-order chi connectivity index (χ0) is 15.6. The van der Waals surface area contributed by atoms with Crippen molar-refractivity contribution in [2.24, 2.45) is 0 Å². The molecule has 0 fully saturated rings. The standard InChI is InChI=1S/C11H8F2N2O4S2/c12-6-1-2-7(13)9(3-6)21(18,19)14-4-10-15-8(5-20-10)11(16)17/h1-3,5,14H,4H2,(H,16,17). The zero-order valence-corrected chi connectivity index (χ0v) is 11.8. The number of carboxylic acid groups (broad SMARTS) is 1. The molecule has 2 N–H and O–H groups in total. The van der Waals surface area contributed by atoms with Gasteiger partial charge in [-0.25, -0.2) is 31.7 Å². The minimum atomic E-state index is -4.27. The number of carbonyl (C=O) groups is 1. The molecule has 2 rings (SSSR count). The predicted octanol–water partition coefficient (Wildman–Crippen LogP) is 1.60. The summed E-state index contributed by atoms with van der Waals surface area (Å²) in [7, 11) is -4.27. The van der Waals surface area contributed by atoms with Crippen molar-refractivity contribution in [3.05, 3.63) is 45.9 Å². The van der Waals surface area contributed by atoms with Gasteiger partial charge in [0.15, 0.2) is 5.69 Å². The molecule has 1 aromatic heterocycles. The van der Waals surface area contributed by atoms with Gasteiger partial charge in [-0.1, -0.05) is 0 Å². The predicted molar refractivity (Wildman–Crippen MR) is 69.5 cm³/mol. The van der Waals surface area contributed by atoms with Gasteiger partial charge in [0.1, 0.15) is 21.5 Å². The molecule has 0 aliphatic carbocycles. The Labute approximate surface area is 122 Å². The van der Waals surface area contributed by atoms with Crippen LogP contribution < -0.4 is 4.72 Å². The van der Waals surface area contributed by atoms with E-state index in [1.807, 2.05) is 4.72 Å². The van der Waals surface area contributed by atoms with Crippen LogP contribution in [0.5, 0.6) is 0 Å². The number of hydrogen-bond donors (Lipinski definition) is 2. The minimum absolute atomic E-state index is 0.188. The second-order valence-corrected chi connectivity index (χ2v) is 6.51. The summed E-state index contributed by atoms with van der Waals surface area (Å²) in [5, 5.41) is 10.1. The maximum absolute atomic E-state index is 13.4. The van der Waals surface area contributed by atoms with E-state index < -0.39 is 32.5 Å². The molecule has 0 aliphatic rings. The fourth-order valence-corrected chi connectivity index (χ4v) is 3.28. The summed E-state index contributed by atoms with van der Waals surface area (Å²) >= 11 is 0.934. The van der Waals surface area contributed by atoms with E-state index in [-0.39, 0.29) is 17.2 Å². The summed E-state index contributed by atoms with van der Waals surface area (Å²) in [5.41, 5.74) is -0.217. The molecule has 0 unspecified atom stereocenters. The van der Waals surface area contributed by atoms with E-state index in [4.69, 9.17) is 5.11 Å². The smallest absolute Gasteiger partial charge is 0.355 e. The number of sulfonamides is 1. The molecule has 0 radical (unpaired) electrons. The van der Waals surface area contributed by atoms with Crippen molar-refractivity contribution in [1.29, 1.82) is 0 Å². The molecule has 1 aromatic carbocycles. The van der Waals surface area contributed by atoms with Crippen molar-refractivity contribution in [1.82, 2.24) is 9.71 Å². The van der Waals surface area contributed by atoms with E-state index in [0.717, 1.165) is 17.4 Å². The van der Waals surface area contributed by atoms with Crippen LogP contribution >= 0.6 is 11.3 Å². The number of nitrogens with zero attached hydrogens (tertiary/aromatic N) is 1. The van der Waals surface area contributed by atoms with Gasteiger partial charge in [-0.15, -0.1) is 11.3 Å². The zero-order valence-electron chi connectivity index (χ0n) is 10.2. The van der Waals surface area contributed by atoms with Gasteiger partial charge in [0.05, 0.1) is 6.54 Å². The van der Waals surface area contributed by atoms with E-state index in [9.17, 15) is 22.0 Å². The second-order valence-electron chi connectivity index (χ2n) is 3.83. The minimum Gasteiger partial charge on any atom is -0.476 e. The fourth-order valence-electron chi connectivity index (χ4n) is 1.41. The molecule has 0 amide bonds. The van der Waals surface area contributed by atoms with Crippen LogP contribution in [0.4, 0.5) is 8.78 Å². The number of benzene rings is 1. The highest BCUT2D eigenvalue weighted by molar-refractivity contribution is 7.89. The number of rotatable bonds is 5. The molecule has 0 aliphatic heterocycles. The Morgan fingerprint density at radius 1 is 1.38 bits per heavy atom. The summed E-state index contributed by atoms with van der Waals surface area (Å²) in [4.78, 5) is 13.5. The molecule has 1 heterocycles. The molecular weight excluding hydrogens is 326 g/mol. The van der Waals surface area contributed by atoms with Gasteiger partial charge in [0.2, 0.25) is 10.0 Å². The molecule has 2 aromatic rings. The molecule has 21 heavy (non-hydrogen) atoms. The summed E-state index contributed by atoms with van der Waals surface area (Å²) in [5.74, 6) is -3.22. The number of nitrogens with one attached hydrogen (secondary N) is 1. The topological polar surface area (TPSA) is 96.4 Å². The van der Waals surface area contributed by atoms with Gasteiger partial charge < -0.3 is 5.11 Å². The number of thiazole rings is 1. The number of halogens is 2. The first kappa shape index (κ1) is 15.5. The molecule has 0 spiro atoms. The van der Waals surface area contributed by atoms with Gasteiger partial charge >= 0.3 is 5.97 Å². The molecule has 10 heteroatoms. The van der Waals surface area contributed by atoms with Crippen LogP contribution in [0, 0.1) is 11.6 Å². The normalized spacial score (nSPS) is 11.5. The lowest BCUT2D eigenvalue weighted by atomic mass is 10.3. The number of aromatic carboxylic acids is 1. The first-order valence-electron chi connectivity index (χ1n) is 5.42. The summed E-state index contributed by atoms with van der Waals surface area (Å²) in [6.45, 7) is -0.323. The third kappa shape index (κ3) is 3.60. The van der Waals surface area contributed by atoms with Crippen LogP contribution in [0.3, 0.4) is 0 Å². The summed E-state index contributed by atoms with van der Waals surface area (Å²) < 4.78 is 52.2. The Hall–Kier alpha value is -1.91. The van der Waals surface area contributed by atoms with Crippen LogP contribution in [-0.2, 0) is 16.6 Å². The summed E-state index contributed by atoms with van der Waals surface area (Å²) in [6.07, 6.45) is 0. The number of hydrogen-bond acceptors (Lipinski definition) is 5. The van der Waals surface area contributed by atoms with Gasteiger partial charge in [0.25, 0.3) is 0 Å². The Morgan fingerprint density at radius 3 is 2.71 bits per heavy atom. The summed E-state index contributed by atoms with van der Waals surface area (Å²) in [6, 6.07) is 2.06. The van der Waals surface area contributed by atoms with Crippen molar-refractivity contribution in [2.45, 2.75) is 11.4 Å². The van der Waals surface area contributed by atoms with Crippen molar-refractivity contribution >= 4 is 27.3 Å². The van der Waals surface area contributed by atoms with Crippen molar-refractivity contribution < 1.29 is 27.1 Å². The van der Waals surface area contributed by atoms with Gasteiger partial charge in [-0.2, -0.15) is 0 Å². The largest absolute Gasteiger partial charge is 0.476 e. The lowest BCUT2D eigenvalue weighted by Gasteiger charge is -2.06. The molecule has 0 atom stereocenters.